The molecule has 0 amide bonds. The zero-order chi connectivity index (χ0) is 14.5. The molecule has 21 heavy (non-hydrogen) atoms. The highest BCUT2D eigenvalue weighted by atomic mass is 32.1. The lowest BCUT2D eigenvalue weighted by Gasteiger charge is -2.08. The smallest absolute Gasteiger partial charge is 0.237 e. The second kappa shape index (κ2) is 6.60. The number of rotatable bonds is 7. The van der Waals surface area contributed by atoms with Crippen molar-refractivity contribution in [3.05, 3.63) is 47.6 Å². The van der Waals surface area contributed by atoms with E-state index in [2.05, 4.69) is 14.7 Å². The molecule has 6 heteroatoms. The van der Waals surface area contributed by atoms with Crippen molar-refractivity contribution >= 4 is 16.3 Å². The van der Waals surface area contributed by atoms with Crippen molar-refractivity contribution in [3.8, 4) is 11.6 Å². The van der Waals surface area contributed by atoms with Crippen LogP contribution in [0.3, 0.4) is 0 Å². The number of hydrogen-bond donors (Lipinski definition) is 1. The molecule has 0 saturated heterocycles. The summed E-state index contributed by atoms with van der Waals surface area (Å²) in [6, 6.07) is 9.81. The fourth-order valence-corrected chi connectivity index (χ4v) is 2.83. The van der Waals surface area contributed by atoms with Crippen molar-refractivity contribution in [3.63, 3.8) is 0 Å². The number of aromatic nitrogens is 2. The van der Waals surface area contributed by atoms with Crippen molar-refractivity contribution in [2.24, 2.45) is 0 Å². The van der Waals surface area contributed by atoms with Gasteiger partial charge in [0.15, 0.2) is 4.96 Å². The molecule has 0 aliphatic carbocycles. The van der Waals surface area contributed by atoms with Gasteiger partial charge in [-0.2, -0.15) is 4.98 Å². The molecule has 110 valence electrons. The van der Waals surface area contributed by atoms with E-state index in [0.29, 0.717) is 19.0 Å². The van der Waals surface area contributed by atoms with Crippen LogP contribution in [0.2, 0.25) is 0 Å². The van der Waals surface area contributed by atoms with E-state index in [4.69, 9.17) is 9.47 Å². The highest BCUT2D eigenvalue weighted by molar-refractivity contribution is 7.15. The average molecular weight is 303 g/mol. The predicted molar refractivity (Wildman–Crippen MR) is 83.3 cm³/mol. The maximum absolute atomic E-state index is 5.64. The van der Waals surface area contributed by atoms with E-state index < -0.39 is 0 Å². The Morgan fingerprint density at radius 2 is 2.14 bits per heavy atom. The number of thiazole rings is 1. The molecule has 0 atom stereocenters. The van der Waals surface area contributed by atoms with Crippen molar-refractivity contribution in [1.82, 2.24) is 14.7 Å². The number of hydrogen-bond acceptors (Lipinski definition) is 5. The first-order valence-corrected chi connectivity index (χ1v) is 7.63. The van der Waals surface area contributed by atoms with Gasteiger partial charge in [0.2, 0.25) is 5.88 Å². The molecular weight excluding hydrogens is 286 g/mol. The molecule has 5 nitrogen and oxygen atoms in total. The fraction of sp³-hybridized carbons (Fsp3) is 0.267. The number of methoxy groups -OCH3 is 1. The molecule has 0 radical (unpaired) electrons. The summed E-state index contributed by atoms with van der Waals surface area (Å²) in [5.74, 6) is 1.57. The quantitative estimate of drug-likeness (QED) is 0.682. The summed E-state index contributed by atoms with van der Waals surface area (Å²) >= 11 is 1.60. The van der Waals surface area contributed by atoms with Crippen LogP contribution in [0.25, 0.3) is 4.96 Å². The zero-order valence-electron chi connectivity index (χ0n) is 11.8. The Morgan fingerprint density at radius 3 is 2.95 bits per heavy atom. The SMILES string of the molecule is COc1nc2sccn2c1CNCCOc1ccccc1. The van der Waals surface area contributed by atoms with E-state index in [1.807, 2.05) is 41.9 Å². The van der Waals surface area contributed by atoms with Gasteiger partial charge in [0, 0.05) is 24.7 Å². The van der Waals surface area contributed by atoms with Crippen LogP contribution in [0.4, 0.5) is 0 Å². The third-order valence-corrected chi connectivity index (χ3v) is 3.86. The van der Waals surface area contributed by atoms with Gasteiger partial charge >= 0.3 is 0 Å². The number of fused-ring (bicyclic) bond motifs is 1. The summed E-state index contributed by atoms with van der Waals surface area (Å²) in [6.45, 7) is 2.08. The Morgan fingerprint density at radius 1 is 1.29 bits per heavy atom. The van der Waals surface area contributed by atoms with Gasteiger partial charge in [-0.1, -0.05) is 18.2 Å². The summed E-state index contributed by atoms with van der Waals surface area (Å²) in [7, 11) is 1.65. The minimum absolute atomic E-state index is 0.623. The van der Waals surface area contributed by atoms with Crippen LogP contribution in [0.1, 0.15) is 5.69 Å². The monoisotopic (exact) mass is 303 g/mol. The molecular formula is C15H17N3O2S. The van der Waals surface area contributed by atoms with Gasteiger partial charge in [-0.3, -0.25) is 4.40 Å². The molecule has 0 unspecified atom stereocenters. The van der Waals surface area contributed by atoms with Crippen molar-refractivity contribution in [2.45, 2.75) is 6.54 Å². The highest BCUT2D eigenvalue weighted by Gasteiger charge is 2.12. The zero-order valence-corrected chi connectivity index (χ0v) is 12.6. The summed E-state index contributed by atoms with van der Waals surface area (Å²) in [6.07, 6.45) is 2.01. The van der Waals surface area contributed by atoms with Crippen LogP contribution in [0, 0.1) is 0 Å². The summed E-state index contributed by atoms with van der Waals surface area (Å²) in [5, 5.41) is 5.37. The lowest BCUT2D eigenvalue weighted by atomic mass is 10.3. The van der Waals surface area contributed by atoms with Crippen LogP contribution in [0.5, 0.6) is 11.6 Å². The van der Waals surface area contributed by atoms with E-state index in [9.17, 15) is 0 Å². The molecule has 1 N–H and O–H groups in total. The average Bonchev–Trinajstić information content (AvgIpc) is 3.09. The lowest BCUT2D eigenvalue weighted by Crippen LogP contribution is -2.21. The van der Waals surface area contributed by atoms with Gasteiger partial charge in [-0.15, -0.1) is 11.3 Å². The number of para-hydroxylation sites is 1. The second-order valence-corrected chi connectivity index (χ2v) is 5.33. The molecule has 0 bridgehead atoms. The third kappa shape index (κ3) is 3.17. The normalized spacial score (nSPS) is 10.9. The molecule has 2 heterocycles. The molecule has 0 saturated carbocycles. The first-order chi connectivity index (χ1) is 10.4. The van der Waals surface area contributed by atoms with Crippen LogP contribution >= 0.6 is 11.3 Å². The maximum Gasteiger partial charge on any atom is 0.237 e. The van der Waals surface area contributed by atoms with Gasteiger partial charge in [0.1, 0.15) is 18.1 Å². The van der Waals surface area contributed by atoms with Gasteiger partial charge in [0.05, 0.1) is 7.11 Å². The Balaban J connectivity index is 1.51. The minimum atomic E-state index is 0.623. The molecule has 2 aromatic heterocycles. The molecule has 0 aliphatic heterocycles. The van der Waals surface area contributed by atoms with Crippen LogP contribution in [-0.2, 0) is 6.54 Å². The predicted octanol–water partition coefficient (Wildman–Crippen LogP) is 2.57. The molecule has 1 aromatic carbocycles. The number of nitrogens with one attached hydrogen (secondary N) is 1. The van der Waals surface area contributed by atoms with Crippen molar-refractivity contribution in [2.75, 3.05) is 20.3 Å². The summed E-state index contributed by atoms with van der Waals surface area (Å²) in [5.41, 5.74) is 1.04. The second-order valence-electron chi connectivity index (χ2n) is 4.46. The Hall–Kier alpha value is -2.05. The van der Waals surface area contributed by atoms with E-state index in [-0.39, 0.29) is 0 Å². The molecule has 0 fully saturated rings. The van der Waals surface area contributed by atoms with E-state index >= 15 is 0 Å². The number of imidazole rings is 1. The molecule has 0 spiro atoms. The standard InChI is InChI=1S/C15H17N3O2S/c1-19-14-13(18-8-10-21-15(18)17-14)11-16-7-9-20-12-5-3-2-4-6-12/h2-6,8,10,16H,7,9,11H2,1H3. The van der Waals surface area contributed by atoms with Crippen LogP contribution in [-0.4, -0.2) is 29.6 Å². The molecule has 0 aliphatic rings. The lowest BCUT2D eigenvalue weighted by molar-refractivity contribution is 0.312. The minimum Gasteiger partial charge on any atom is -0.492 e. The largest absolute Gasteiger partial charge is 0.492 e. The highest BCUT2D eigenvalue weighted by Crippen LogP contribution is 2.22. The van der Waals surface area contributed by atoms with Crippen molar-refractivity contribution < 1.29 is 9.47 Å². The van der Waals surface area contributed by atoms with E-state index in [0.717, 1.165) is 22.9 Å². The summed E-state index contributed by atoms with van der Waals surface area (Å²) < 4.78 is 13.0. The van der Waals surface area contributed by atoms with Gasteiger partial charge in [-0.25, -0.2) is 0 Å². The van der Waals surface area contributed by atoms with E-state index in [1.54, 1.807) is 18.4 Å². The Bertz CT molecular complexity index is 693. The van der Waals surface area contributed by atoms with Gasteiger partial charge < -0.3 is 14.8 Å². The Labute approximate surface area is 127 Å². The maximum atomic E-state index is 5.64. The first-order valence-electron chi connectivity index (χ1n) is 6.75. The number of benzene rings is 1. The fourth-order valence-electron chi connectivity index (χ4n) is 2.10. The number of nitrogens with zero attached hydrogens (tertiary/aromatic N) is 2. The van der Waals surface area contributed by atoms with Crippen LogP contribution in [0.15, 0.2) is 41.9 Å². The molecule has 3 aromatic rings. The van der Waals surface area contributed by atoms with Crippen molar-refractivity contribution in [1.29, 1.82) is 0 Å². The number of ether oxygens (including phenoxy) is 2. The van der Waals surface area contributed by atoms with Gasteiger partial charge in [0.25, 0.3) is 0 Å². The summed E-state index contributed by atoms with van der Waals surface area (Å²) in [4.78, 5) is 5.37. The first kappa shape index (κ1) is 13.9. The van der Waals surface area contributed by atoms with E-state index in [1.165, 1.54) is 0 Å². The van der Waals surface area contributed by atoms with Crippen LogP contribution < -0.4 is 14.8 Å². The van der Waals surface area contributed by atoms with Gasteiger partial charge in [-0.05, 0) is 12.1 Å². The topological polar surface area (TPSA) is 47.8 Å². The third-order valence-electron chi connectivity index (χ3n) is 3.10. The Kier molecular flexibility index (Phi) is 4.37. The molecule has 3 rings (SSSR count).